The monoisotopic (exact) mass is 358 g/mol. The lowest BCUT2D eigenvalue weighted by Crippen LogP contribution is -2.33. The highest BCUT2D eigenvalue weighted by atomic mass is 19.1. The van der Waals surface area contributed by atoms with Gasteiger partial charge in [-0.15, -0.1) is 0 Å². The molecule has 2 aliphatic heterocycles. The van der Waals surface area contributed by atoms with E-state index in [9.17, 15) is 14.0 Å². The van der Waals surface area contributed by atoms with Gasteiger partial charge in [0.1, 0.15) is 11.9 Å². The van der Waals surface area contributed by atoms with Crippen molar-refractivity contribution in [2.45, 2.75) is 13.0 Å². The maximum absolute atomic E-state index is 14.6. The third kappa shape index (κ3) is 3.85. The van der Waals surface area contributed by atoms with Gasteiger partial charge < -0.3 is 21.1 Å². The maximum atomic E-state index is 14.6. The molecule has 3 rings (SSSR count). The van der Waals surface area contributed by atoms with Crippen LogP contribution in [0.1, 0.15) is 12.5 Å². The number of hydrogen-bond acceptors (Lipinski definition) is 5. The number of halogens is 1. The number of allylic oxidation sites excluding steroid dienone is 3. The molecule has 2 amide bonds. The van der Waals surface area contributed by atoms with Gasteiger partial charge in [-0.05, 0) is 36.4 Å². The van der Waals surface area contributed by atoms with Gasteiger partial charge >= 0.3 is 6.09 Å². The van der Waals surface area contributed by atoms with Gasteiger partial charge in [0.05, 0.1) is 24.5 Å². The van der Waals surface area contributed by atoms with Gasteiger partial charge in [-0.25, -0.2) is 9.18 Å². The number of nitrogens with two attached hydrogens (primary N) is 1. The minimum absolute atomic E-state index is 0.207. The summed E-state index contributed by atoms with van der Waals surface area (Å²) in [7, 11) is 0. The molecule has 1 atom stereocenters. The van der Waals surface area contributed by atoms with E-state index in [0.29, 0.717) is 22.6 Å². The Morgan fingerprint density at radius 3 is 3.04 bits per heavy atom. The number of nitrogens with one attached hydrogen (secondary N) is 2. The Balaban J connectivity index is 1.78. The number of amides is 2. The number of nitrogens with zero attached hydrogens (tertiary/aromatic N) is 1. The molecule has 1 aromatic carbocycles. The van der Waals surface area contributed by atoms with Crippen molar-refractivity contribution in [1.82, 2.24) is 10.6 Å². The molecule has 0 spiro atoms. The smallest absolute Gasteiger partial charge is 0.414 e. The molecule has 4 N–H and O–H groups in total. The van der Waals surface area contributed by atoms with E-state index in [1.165, 1.54) is 17.9 Å². The number of hydrogen-bond donors (Lipinski definition) is 3. The van der Waals surface area contributed by atoms with Crippen LogP contribution in [0, 0.1) is 5.82 Å². The van der Waals surface area contributed by atoms with Gasteiger partial charge in [-0.1, -0.05) is 0 Å². The molecule has 136 valence electrons. The lowest BCUT2D eigenvalue weighted by molar-refractivity contribution is -0.119. The summed E-state index contributed by atoms with van der Waals surface area (Å²) < 4.78 is 19.8. The van der Waals surface area contributed by atoms with E-state index in [-0.39, 0.29) is 19.0 Å². The fourth-order valence-corrected chi connectivity index (χ4v) is 2.70. The third-order valence-electron chi connectivity index (χ3n) is 3.94. The first-order valence-corrected chi connectivity index (χ1v) is 8.07. The average Bonchev–Trinajstić information content (AvgIpc) is 2.82. The van der Waals surface area contributed by atoms with Gasteiger partial charge in [0.25, 0.3) is 0 Å². The average molecular weight is 358 g/mol. The predicted molar refractivity (Wildman–Crippen MR) is 95.2 cm³/mol. The van der Waals surface area contributed by atoms with Gasteiger partial charge in [-0.3, -0.25) is 9.69 Å². The quantitative estimate of drug-likeness (QED) is 0.759. The fraction of sp³-hybridized carbons (Fsp3) is 0.222. The molecule has 7 nitrogen and oxygen atoms in total. The Kier molecular flexibility index (Phi) is 4.92. The van der Waals surface area contributed by atoms with Crippen LogP contribution in [0.2, 0.25) is 0 Å². The van der Waals surface area contributed by atoms with Gasteiger partial charge in [0.15, 0.2) is 0 Å². The lowest BCUT2D eigenvalue weighted by Gasteiger charge is -2.15. The Hall–Kier alpha value is -3.29. The molecule has 0 radical (unpaired) electrons. The second-order valence-corrected chi connectivity index (χ2v) is 5.95. The Labute approximate surface area is 150 Å². The molecule has 8 heteroatoms. The van der Waals surface area contributed by atoms with Crippen LogP contribution in [-0.4, -0.2) is 31.2 Å². The van der Waals surface area contributed by atoms with Crippen molar-refractivity contribution in [3.63, 3.8) is 0 Å². The number of anilines is 1. The molecule has 0 aromatic heterocycles. The zero-order valence-electron chi connectivity index (χ0n) is 14.2. The summed E-state index contributed by atoms with van der Waals surface area (Å²) in [5, 5.41) is 5.56. The summed E-state index contributed by atoms with van der Waals surface area (Å²) in [4.78, 5) is 24.3. The van der Waals surface area contributed by atoms with E-state index >= 15 is 0 Å². The van der Waals surface area contributed by atoms with Crippen molar-refractivity contribution < 1.29 is 18.7 Å². The van der Waals surface area contributed by atoms with Crippen LogP contribution >= 0.6 is 0 Å². The molecular formula is C18H19FN4O3. The maximum Gasteiger partial charge on any atom is 0.414 e. The molecule has 1 fully saturated rings. The summed E-state index contributed by atoms with van der Waals surface area (Å²) in [6, 6.07) is 4.48. The van der Waals surface area contributed by atoms with Crippen LogP contribution in [0.15, 0.2) is 48.3 Å². The normalized spacial score (nSPS) is 19.2. The van der Waals surface area contributed by atoms with E-state index < -0.39 is 18.0 Å². The van der Waals surface area contributed by atoms with Crippen molar-refractivity contribution in [2.75, 3.05) is 18.0 Å². The van der Waals surface area contributed by atoms with Gasteiger partial charge in [-0.2, -0.15) is 0 Å². The van der Waals surface area contributed by atoms with E-state index in [1.807, 2.05) is 0 Å². The second-order valence-electron chi connectivity index (χ2n) is 5.95. The summed E-state index contributed by atoms with van der Waals surface area (Å²) in [6.45, 7) is 1.83. The van der Waals surface area contributed by atoms with Crippen molar-refractivity contribution in [3.05, 3.63) is 59.7 Å². The number of ether oxygens (including phenoxy) is 1. The van der Waals surface area contributed by atoms with Crippen LogP contribution in [0.3, 0.4) is 0 Å². The summed E-state index contributed by atoms with van der Waals surface area (Å²) in [5.41, 5.74) is 7.53. The Morgan fingerprint density at radius 2 is 2.31 bits per heavy atom. The van der Waals surface area contributed by atoms with Gasteiger partial charge in [0, 0.05) is 24.4 Å². The topological polar surface area (TPSA) is 96.7 Å². The van der Waals surface area contributed by atoms with E-state index in [2.05, 4.69) is 10.6 Å². The molecule has 1 saturated heterocycles. The van der Waals surface area contributed by atoms with Crippen molar-refractivity contribution in [1.29, 1.82) is 0 Å². The molecule has 2 heterocycles. The number of carbonyl (C=O) groups excluding carboxylic acids is 2. The van der Waals surface area contributed by atoms with Gasteiger partial charge in [0.2, 0.25) is 5.91 Å². The van der Waals surface area contributed by atoms with E-state index in [4.69, 9.17) is 10.5 Å². The van der Waals surface area contributed by atoms with Crippen molar-refractivity contribution >= 4 is 23.4 Å². The first kappa shape index (κ1) is 17.5. The first-order valence-electron chi connectivity index (χ1n) is 8.07. The molecule has 26 heavy (non-hydrogen) atoms. The number of cyclic esters (lactones) is 1. The SMILES string of the molecule is CC(=O)NC[C@H]1CN(c2ccc(C3=CC(N)=CC=CN3)c(F)c2)C(=O)O1. The highest BCUT2D eigenvalue weighted by Gasteiger charge is 2.32. The fourth-order valence-electron chi connectivity index (χ4n) is 2.70. The third-order valence-corrected chi connectivity index (χ3v) is 3.94. The Morgan fingerprint density at radius 1 is 1.50 bits per heavy atom. The molecule has 0 bridgehead atoms. The lowest BCUT2D eigenvalue weighted by atomic mass is 10.1. The number of rotatable bonds is 4. The molecule has 0 aliphatic carbocycles. The van der Waals surface area contributed by atoms with Crippen molar-refractivity contribution in [3.8, 4) is 0 Å². The van der Waals surface area contributed by atoms with E-state index in [1.54, 1.807) is 36.6 Å². The molecular weight excluding hydrogens is 339 g/mol. The largest absolute Gasteiger partial charge is 0.442 e. The first-order chi connectivity index (χ1) is 12.4. The Bertz CT molecular complexity index is 832. The zero-order valence-corrected chi connectivity index (χ0v) is 14.2. The highest BCUT2D eigenvalue weighted by molar-refractivity contribution is 5.90. The predicted octanol–water partition coefficient (Wildman–Crippen LogP) is 1.59. The molecule has 1 aromatic rings. The minimum Gasteiger partial charge on any atom is -0.442 e. The summed E-state index contributed by atoms with van der Waals surface area (Å²) in [6.07, 6.45) is 5.65. The summed E-state index contributed by atoms with van der Waals surface area (Å²) >= 11 is 0. The standard InChI is InChI=1S/C18H19FN4O3/c1-11(24)22-9-14-10-23(18(25)26-14)13-4-5-15(16(19)8-13)17-7-12(20)3-2-6-21-17/h2-8,14,21H,9-10,20H2,1H3,(H,22,24)/t14-/m0/s1. The second kappa shape index (κ2) is 7.30. The number of benzene rings is 1. The van der Waals surface area contributed by atoms with Crippen LogP contribution in [0.25, 0.3) is 5.70 Å². The van der Waals surface area contributed by atoms with Crippen LogP contribution in [0.4, 0.5) is 14.9 Å². The number of carbonyl (C=O) groups is 2. The highest BCUT2D eigenvalue weighted by Crippen LogP contribution is 2.26. The molecule has 0 saturated carbocycles. The zero-order chi connectivity index (χ0) is 18.7. The molecule has 0 unspecified atom stereocenters. The van der Waals surface area contributed by atoms with Crippen LogP contribution < -0.4 is 21.3 Å². The van der Waals surface area contributed by atoms with E-state index in [0.717, 1.165) is 0 Å². The molecule has 2 aliphatic rings. The summed E-state index contributed by atoms with van der Waals surface area (Å²) in [5.74, 6) is -0.705. The minimum atomic E-state index is -0.575. The van der Waals surface area contributed by atoms with Crippen LogP contribution in [-0.2, 0) is 9.53 Å². The van der Waals surface area contributed by atoms with Crippen molar-refractivity contribution in [2.24, 2.45) is 5.73 Å². The van der Waals surface area contributed by atoms with Crippen LogP contribution in [0.5, 0.6) is 0 Å².